The maximum absolute atomic E-state index is 12.2. The van der Waals surface area contributed by atoms with Gasteiger partial charge in [-0.15, -0.1) is 0 Å². The van der Waals surface area contributed by atoms with Crippen LogP contribution in [0.2, 0.25) is 0 Å². The third-order valence-electron chi connectivity index (χ3n) is 3.94. The van der Waals surface area contributed by atoms with Crippen molar-refractivity contribution in [2.24, 2.45) is 11.5 Å². The van der Waals surface area contributed by atoms with Crippen LogP contribution in [-0.4, -0.2) is 54.0 Å². The maximum atomic E-state index is 12.2. The van der Waals surface area contributed by atoms with E-state index in [4.69, 9.17) is 26.0 Å². The van der Waals surface area contributed by atoms with Crippen molar-refractivity contribution in [2.45, 2.75) is 17.9 Å². The van der Waals surface area contributed by atoms with Crippen molar-refractivity contribution in [1.29, 1.82) is 0 Å². The van der Waals surface area contributed by atoms with Crippen LogP contribution in [0.3, 0.4) is 0 Å². The molecule has 2 unspecified atom stereocenters. The summed E-state index contributed by atoms with van der Waals surface area (Å²) >= 11 is 0. The second-order valence-electron chi connectivity index (χ2n) is 6.18. The van der Waals surface area contributed by atoms with E-state index in [9.17, 15) is 14.6 Å². The molecular formula is C19H25FN2O5. The first-order valence-corrected chi connectivity index (χ1v) is 8.44. The molecule has 0 fully saturated rings. The number of rotatable bonds is 10. The Hall–Kier alpha value is -2.23. The molecule has 0 heterocycles. The molecular weight excluding hydrogens is 355 g/mol. The van der Waals surface area contributed by atoms with E-state index in [0.717, 1.165) is 0 Å². The van der Waals surface area contributed by atoms with E-state index in [1.165, 1.54) is 0 Å². The highest BCUT2D eigenvalue weighted by Crippen LogP contribution is 2.25. The molecule has 2 aromatic rings. The number of benzene rings is 2. The summed E-state index contributed by atoms with van der Waals surface area (Å²) in [5.41, 5.74) is 12.6. The van der Waals surface area contributed by atoms with Gasteiger partial charge in [-0.3, -0.25) is 0 Å². The Kier molecular flexibility index (Phi) is 7.52. The molecule has 8 heteroatoms. The first kappa shape index (κ1) is 21.1. The van der Waals surface area contributed by atoms with E-state index in [-0.39, 0.29) is 19.8 Å². The van der Waals surface area contributed by atoms with E-state index >= 15 is 0 Å². The summed E-state index contributed by atoms with van der Waals surface area (Å²) in [5, 5.41) is 27.3. The third-order valence-corrected chi connectivity index (χ3v) is 3.94. The van der Waals surface area contributed by atoms with Crippen LogP contribution in [0, 0.1) is 0 Å². The highest BCUT2D eigenvalue weighted by atomic mass is 19.1. The molecule has 2 rings (SSSR count). The Labute approximate surface area is 156 Å². The van der Waals surface area contributed by atoms with Crippen LogP contribution in [0.25, 0.3) is 0 Å². The van der Waals surface area contributed by atoms with Gasteiger partial charge in [-0.2, -0.15) is 0 Å². The van der Waals surface area contributed by atoms with Crippen LogP contribution < -0.4 is 20.9 Å². The quantitative estimate of drug-likeness (QED) is 0.373. The van der Waals surface area contributed by atoms with Gasteiger partial charge in [-0.25, -0.2) is 4.39 Å². The molecule has 0 saturated carbocycles. The van der Waals surface area contributed by atoms with Gasteiger partial charge >= 0.3 is 0 Å². The summed E-state index contributed by atoms with van der Waals surface area (Å²) in [6, 6.07) is 13.4. The van der Waals surface area contributed by atoms with E-state index in [1.807, 2.05) is 0 Å². The molecule has 0 saturated heterocycles. The van der Waals surface area contributed by atoms with Crippen LogP contribution in [-0.2, 0) is 5.66 Å². The minimum atomic E-state index is -1.26. The summed E-state index contributed by atoms with van der Waals surface area (Å²) in [7, 11) is 0. The van der Waals surface area contributed by atoms with Crippen molar-refractivity contribution in [1.82, 2.24) is 0 Å². The number of halogens is 1. The summed E-state index contributed by atoms with van der Waals surface area (Å²) < 4.78 is 22.9. The van der Waals surface area contributed by atoms with Crippen LogP contribution in [0.15, 0.2) is 48.5 Å². The highest BCUT2D eigenvalue weighted by molar-refractivity contribution is 5.41. The van der Waals surface area contributed by atoms with Gasteiger partial charge in [0.2, 0.25) is 0 Å². The predicted molar refractivity (Wildman–Crippen MR) is 98.1 cm³/mol. The van der Waals surface area contributed by atoms with Gasteiger partial charge in [0.1, 0.15) is 49.3 Å². The minimum absolute atomic E-state index is 0.0230. The minimum Gasteiger partial charge on any atom is -0.491 e. The van der Waals surface area contributed by atoms with E-state index in [2.05, 4.69) is 0 Å². The standard InChI is InChI=1S/C19H25FN2O5/c20-9-15(24)11-26-17-5-1-13(2-6-17)19(21,22)14-3-7-18(8-4-14)27-12-16(25)10-23/h1-8,15-16,23-25H,9-12,21-22H2. The predicted octanol–water partition coefficient (Wildman–Crippen LogP) is 0.246. The Bertz CT molecular complexity index is 635. The smallest absolute Gasteiger partial charge is 0.119 e. The molecule has 0 aliphatic carbocycles. The van der Waals surface area contributed by atoms with Gasteiger partial charge in [-0.05, 0) is 35.4 Å². The summed E-state index contributed by atoms with van der Waals surface area (Å²) in [5.74, 6) is 0.977. The molecule has 0 radical (unpaired) electrons. The second kappa shape index (κ2) is 9.63. The zero-order valence-electron chi connectivity index (χ0n) is 14.8. The summed E-state index contributed by atoms with van der Waals surface area (Å²) in [6.45, 7) is -1.41. The van der Waals surface area contributed by atoms with E-state index in [0.29, 0.717) is 22.6 Å². The number of hydrogen-bond donors (Lipinski definition) is 5. The van der Waals surface area contributed by atoms with Crippen molar-refractivity contribution >= 4 is 0 Å². The van der Waals surface area contributed by atoms with Crippen LogP contribution in [0.5, 0.6) is 11.5 Å². The van der Waals surface area contributed by atoms with Gasteiger partial charge < -0.3 is 36.3 Å². The van der Waals surface area contributed by atoms with Crippen molar-refractivity contribution in [3.05, 3.63) is 59.7 Å². The number of ether oxygens (including phenoxy) is 2. The lowest BCUT2D eigenvalue weighted by Gasteiger charge is -2.26. The molecule has 7 nitrogen and oxygen atoms in total. The number of hydrogen-bond acceptors (Lipinski definition) is 7. The van der Waals surface area contributed by atoms with Crippen molar-refractivity contribution in [2.75, 3.05) is 26.5 Å². The summed E-state index contributed by atoms with van der Waals surface area (Å²) in [4.78, 5) is 0. The number of aliphatic hydroxyl groups is 3. The Morgan fingerprint density at radius 3 is 1.59 bits per heavy atom. The van der Waals surface area contributed by atoms with E-state index in [1.54, 1.807) is 48.5 Å². The zero-order chi connectivity index (χ0) is 19.9. The molecule has 148 valence electrons. The second-order valence-corrected chi connectivity index (χ2v) is 6.18. The fourth-order valence-electron chi connectivity index (χ4n) is 2.30. The maximum Gasteiger partial charge on any atom is 0.119 e. The lowest BCUT2D eigenvalue weighted by atomic mass is 9.93. The first-order chi connectivity index (χ1) is 12.9. The average Bonchev–Trinajstić information content (AvgIpc) is 2.70. The lowest BCUT2D eigenvalue weighted by Crippen LogP contribution is -2.47. The van der Waals surface area contributed by atoms with Gasteiger partial charge in [0, 0.05) is 0 Å². The fourth-order valence-corrected chi connectivity index (χ4v) is 2.30. The van der Waals surface area contributed by atoms with Gasteiger partial charge in [0.25, 0.3) is 0 Å². The molecule has 27 heavy (non-hydrogen) atoms. The topological polar surface area (TPSA) is 131 Å². The first-order valence-electron chi connectivity index (χ1n) is 8.44. The fraction of sp³-hybridized carbons (Fsp3) is 0.368. The van der Waals surface area contributed by atoms with Crippen molar-refractivity contribution in [3.63, 3.8) is 0 Å². The number of alkyl halides is 1. The number of nitrogens with two attached hydrogens (primary N) is 2. The molecule has 0 aliphatic rings. The zero-order valence-corrected chi connectivity index (χ0v) is 14.8. The van der Waals surface area contributed by atoms with Crippen LogP contribution in [0.1, 0.15) is 11.1 Å². The average molecular weight is 380 g/mol. The normalized spacial score (nSPS) is 13.9. The van der Waals surface area contributed by atoms with Crippen molar-refractivity contribution < 1.29 is 29.2 Å². The van der Waals surface area contributed by atoms with E-state index < -0.39 is 24.5 Å². The Morgan fingerprint density at radius 2 is 1.22 bits per heavy atom. The van der Waals surface area contributed by atoms with Gasteiger partial charge in [-0.1, -0.05) is 24.3 Å². The van der Waals surface area contributed by atoms with Gasteiger partial charge in [0.15, 0.2) is 0 Å². The monoisotopic (exact) mass is 380 g/mol. The van der Waals surface area contributed by atoms with Crippen LogP contribution >= 0.6 is 0 Å². The molecule has 7 N–H and O–H groups in total. The van der Waals surface area contributed by atoms with Crippen molar-refractivity contribution in [3.8, 4) is 11.5 Å². The molecule has 2 atom stereocenters. The third kappa shape index (κ3) is 5.88. The molecule has 0 amide bonds. The summed E-state index contributed by atoms with van der Waals surface area (Å²) in [6.07, 6.45) is -2.11. The van der Waals surface area contributed by atoms with Crippen LogP contribution in [0.4, 0.5) is 4.39 Å². The lowest BCUT2D eigenvalue weighted by molar-refractivity contribution is 0.0536. The molecule has 0 aromatic heterocycles. The molecule has 0 bridgehead atoms. The Morgan fingerprint density at radius 1 is 0.815 bits per heavy atom. The van der Waals surface area contributed by atoms with Gasteiger partial charge in [0.05, 0.1) is 6.61 Å². The molecule has 0 aliphatic heterocycles. The molecule has 2 aromatic carbocycles. The largest absolute Gasteiger partial charge is 0.491 e. The Balaban J connectivity index is 2.04. The highest BCUT2D eigenvalue weighted by Gasteiger charge is 2.24. The molecule has 0 spiro atoms. The number of aliphatic hydroxyl groups excluding tert-OH is 3. The SMILES string of the molecule is NC(N)(c1ccc(OCC(O)CO)cc1)c1ccc(OCC(O)CF)cc1.